The zero-order chi connectivity index (χ0) is 18.7. The molecule has 1 atom stereocenters. The van der Waals surface area contributed by atoms with Gasteiger partial charge >= 0.3 is 5.97 Å². The number of aromatic nitrogens is 1. The van der Waals surface area contributed by atoms with E-state index in [0.29, 0.717) is 33.8 Å². The number of carbonyl (C=O) groups excluding carboxylic acids is 2. The van der Waals surface area contributed by atoms with Crippen LogP contribution in [0.4, 0.5) is 5.69 Å². The van der Waals surface area contributed by atoms with Crippen molar-refractivity contribution >= 4 is 40.3 Å². The highest BCUT2D eigenvalue weighted by Gasteiger charge is 2.22. The molecule has 134 valence electrons. The first-order valence-electron chi connectivity index (χ1n) is 8.09. The second-order valence-corrected chi connectivity index (χ2v) is 6.20. The number of esters is 1. The van der Waals surface area contributed by atoms with Crippen molar-refractivity contribution in [3.8, 4) is 0 Å². The van der Waals surface area contributed by atoms with Crippen LogP contribution < -0.4 is 5.32 Å². The number of halogens is 1. The molecular weight excluding hydrogens is 356 g/mol. The van der Waals surface area contributed by atoms with Gasteiger partial charge in [0.1, 0.15) is 5.52 Å². The third-order valence-corrected chi connectivity index (χ3v) is 4.33. The Morgan fingerprint density at radius 1 is 1.27 bits per heavy atom. The van der Waals surface area contributed by atoms with Crippen LogP contribution in [0.5, 0.6) is 0 Å². The number of ether oxygens (including phenoxy) is 1. The predicted molar refractivity (Wildman–Crippen MR) is 98.3 cm³/mol. The van der Waals surface area contributed by atoms with Crippen LogP contribution in [-0.2, 0) is 9.53 Å². The Hall–Kier alpha value is -2.86. The van der Waals surface area contributed by atoms with E-state index in [9.17, 15) is 9.59 Å². The van der Waals surface area contributed by atoms with Crippen molar-refractivity contribution in [2.75, 3.05) is 5.32 Å². The Kier molecular flexibility index (Phi) is 5.23. The molecule has 1 heterocycles. The molecule has 3 aromatic rings. The molecule has 26 heavy (non-hydrogen) atoms. The Morgan fingerprint density at radius 3 is 2.81 bits per heavy atom. The molecule has 7 heteroatoms. The molecule has 2 aromatic carbocycles. The van der Waals surface area contributed by atoms with Gasteiger partial charge in [0.25, 0.3) is 5.91 Å². The summed E-state index contributed by atoms with van der Waals surface area (Å²) in [5.74, 6) is -1.01. The number of fused-ring (bicyclic) bond motifs is 1. The molecule has 1 N–H and O–H groups in total. The minimum absolute atomic E-state index is 0.302. The van der Waals surface area contributed by atoms with E-state index in [2.05, 4.69) is 10.3 Å². The number of oxazole rings is 1. The summed E-state index contributed by atoms with van der Waals surface area (Å²) >= 11 is 6.06. The average Bonchev–Trinajstić information content (AvgIpc) is 3.10. The van der Waals surface area contributed by atoms with Crippen molar-refractivity contribution in [1.29, 1.82) is 0 Å². The summed E-state index contributed by atoms with van der Waals surface area (Å²) in [6.07, 6.45) is 0.716. The minimum Gasteiger partial charge on any atom is -0.449 e. The molecule has 0 aliphatic rings. The van der Waals surface area contributed by atoms with Crippen LogP contribution >= 0.6 is 11.6 Å². The van der Waals surface area contributed by atoms with Gasteiger partial charge in [-0.25, -0.2) is 9.78 Å². The molecule has 1 aromatic heterocycles. The van der Waals surface area contributed by atoms with E-state index in [1.165, 1.54) is 6.39 Å². The van der Waals surface area contributed by atoms with Gasteiger partial charge in [0.2, 0.25) is 0 Å². The van der Waals surface area contributed by atoms with E-state index < -0.39 is 18.0 Å². The molecule has 0 spiro atoms. The maximum atomic E-state index is 12.4. The summed E-state index contributed by atoms with van der Waals surface area (Å²) in [6, 6.07) is 9.96. The zero-order valence-corrected chi connectivity index (χ0v) is 15.0. The summed E-state index contributed by atoms with van der Waals surface area (Å²) in [4.78, 5) is 28.8. The molecule has 0 saturated heterocycles. The lowest BCUT2D eigenvalue weighted by atomic mass is 10.2. The molecule has 3 rings (SSSR count). The third kappa shape index (κ3) is 3.86. The van der Waals surface area contributed by atoms with Crippen molar-refractivity contribution in [3.63, 3.8) is 0 Å². The Balaban J connectivity index is 1.70. The quantitative estimate of drug-likeness (QED) is 0.673. The van der Waals surface area contributed by atoms with Gasteiger partial charge in [-0.2, -0.15) is 0 Å². The Labute approximate surface area is 155 Å². The number of hydrogen-bond acceptors (Lipinski definition) is 5. The summed E-state index contributed by atoms with van der Waals surface area (Å²) in [7, 11) is 0. The Morgan fingerprint density at radius 2 is 2.08 bits per heavy atom. The second-order valence-electron chi connectivity index (χ2n) is 5.79. The van der Waals surface area contributed by atoms with Crippen molar-refractivity contribution < 1.29 is 18.7 Å². The van der Waals surface area contributed by atoms with Gasteiger partial charge in [-0.1, -0.05) is 24.6 Å². The van der Waals surface area contributed by atoms with Crippen LogP contribution in [0.1, 0.15) is 29.3 Å². The van der Waals surface area contributed by atoms with Crippen LogP contribution in [0.25, 0.3) is 11.1 Å². The number of nitrogens with zero attached hydrogens (tertiary/aromatic N) is 1. The number of amides is 1. The monoisotopic (exact) mass is 372 g/mol. The van der Waals surface area contributed by atoms with Gasteiger partial charge in [0.15, 0.2) is 18.1 Å². The van der Waals surface area contributed by atoms with Gasteiger partial charge in [-0.3, -0.25) is 4.79 Å². The molecule has 1 amide bonds. The fourth-order valence-corrected chi connectivity index (χ4v) is 2.58. The first-order chi connectivity index (χ1) is 12.5. The molecule has 0 saturated carbocycles. The number of aryl methyl sites for hydroxylation is 1. The van der Waals surface area contributed by atoms with Gasteiger partial charge in [0.05, 0.1) is 5.56 Å². The van der Waals surface area contributed by atoms with E-state index in [4.69, 9.17) is 20.8 Å². The first kappa shape index (κ1) is 17.9. The summed E-state index contributed by atoms with van der Waals surface area (Å²) in [5, 5.41) is 3.27. The normalized spacial score (nSPS) is 12.0. The largest absolute Gasteiger partial charge is 0.449 e. The lowest BCUT2D eigenvalue weighted by molar-refractivity contribution is -0.124. The molecule has 6 nitrogen and oxygen atoms in total. The maximum Gasteiger partial charge on any atom is 0.338 e. The molecular formula is C19H17ClN2O4. The Bertz CT molecular complexity index is 967. The molecule has 0 fully saturated rings. The van der Waals surface area contributed by atoms with E-state index in [-0.39, 0.29) is 0 Å². The highest BCUT2D eigenvalue weighted by atomic mass is 35.5. The van der Waals surface area contributed by atoms with Gasteiger partial charge in [-0.15, -0.1) is 0 Å². The highest BCUT2D eigenvalue weighted by molar-refractivity contribution is 6.31. The maximum absolute atomic E-state index is 12.4. The van der Waals surface area contributed by atoms with E-state index >= 15 is 0 Å². The lowest BCUT2D eigenvalue weighted by Gasteiger charge is -2.16. The van der Waals surface area contributed by atoms with Crippen LogP contribution in [0.15, 0.2) is 47.2 Å². The summed E-state index contributed by atoms with van der Waals surface area (Å²) < 4.78 is 10.5. The number of carbonyl (C=O) groups is 2. The van der Waals surface area contributed by atoms with Crippen LogP contribution in [-0.4, -0.2) is 23.0 Å². The number of anilines is 1. The molecule has 0 bridgehead atoms. The predicted octanol–water partition coefficient (Wildman–Crippen LogP) is 4.36. The minimum atomic E-state index is -0.921. The standard InChI is InChI=1S/C19H17ClN2O4/c1-3-16(18(23)22-13-6-4-11(2)14(20)9-13)26-19(24)12-5-7-17-15(8-12)21-10-25-17/h4-10,16H,3H2,1-2H3,(H,22,23). The third-order valence-electron chi connectivity index (χ3n) is 3.92. The van der Waals surface area contributed by atoms with Crippen molar-refractivity contribution in [2.24, 2.45) is 0 Å². The molecule has 1 unspecified atom stereocenters. The number of nitrogens with one attached hydrogen (secondary N) is 1. The number of hydrogen-bond donors (Lipinski definition) is 1. The topological polar surface area (TPSA) is 81.4 Å². The van der Waals surface area contributed by atoms with Crippen LogP contribution in [0.3, 0.4) is 0 Å². The molecule has 0 aliphatic heterocycles. The SMILES string of the molecule is CCC(OC(=O)c1ccc2ocnc2c1)C(=O)Nc1ccc(C)c(Cl)c1. The second kappa shape index (κ2) is 7.58. The van der Waals surface area contributed by atoms with Crippen LogP contribution in [0, 0.1) is 6.92 Å². The van der Waals surface area contributed by atoms with Gasteiger partial charge in [0, 0.05) is 10.7 Å². The van der Waals surface area contributed by atoms with Crippen LogP contribution in [0.2, 0.25) is 5.02 Å². The van der Waals surface area contributed by atoms with E-state index in [1.807, 2.05) is 6.92 Å². The summed E-state index contributed by atoms with van der Waals surface area (Å²) in [5.41, 5.74) is 2.88. The van der Waals surface area contributed by atoms with Crippen molar-refractivity contribution in [2.45, 2.75) is 26.4 Å². The first-order valence-corrected chi connectivity index (χ1v) is 8.47. The van der Waals surface area contributed by atoms with E-state index in [0.717, 1.165) is 5.56 Å². The fourth-order valence-electron chi connectivity index (χ4n) is 2.40. The smallest absolute Gasteiger partial charge is 0.338 e. The van der Waals surface area contributed by atoms with E-state index in [1.54, 1.807) is 43.3 Å². The van der Waals surface area contributed by atoms with Crippen molar-refractivity contribution in [3.05, 3.63) is 58.9 Å². The highest BCUT2D eigenvalue weighted by Crippen LogP contribution is 2.21. The molecule has 0 aliphatic carbocycles. The number of benzene rings is 2. The fraction of sp³-hybridized carbons (Fsp3) is 0.211. The average molecular weight is 373 g/mol. The zero-order valence-electron chi connectivity index (χ0n) is 14.3. The van der Waals surface area contributed by atoms with Crippen molar-refractivity contribution in [1.82, 2.24) is 4.98 Å². The molecule has 0 radical (unpaired) electrons. The lowest BCUT2D eigenvalue weighted by Crippen LogP contribution is -2.32. The number of rotatable bonds is 5. The van der Waals surface area contributed by atoms with Gasteiger partial charge < -0.3 is 14.5 Å². The summed E-state index contributed by atoms with van der Waals surface area (Å²) in [6.45, 7) is 3.64. The van der Waals surface area contributed by atoms with Gasteiger partial charge in [-0.05, 0) is 49.2 Å².